The quantitative estimate of drug-likeness (QED) is 0.803. The first-order valence-electron chi connectivity index (χ1n) is 7.07. The van der Waals surface area contributed by atoms with Gasteiger partial charge in [-0.1, -0.05) is 5.21 Å². The van der Waals surface area contributed by atoms with E-state index in [-0.39, 0.29) is 19.2 Å². The Morgan fingerprint density at radius 1 is 1.09 bits per heavy atom. The zero-order valence-corrected chi connectivity index (χ0v) is 12.1. The van der Waals surface area contributed by atoms with Crippen molar-refractivity contribution in [2.45, 2.75) is 6.54 Å². The van der Waals surface area contributed by atoms with E-state index in [1.54, 1.807) is 16.8 Å². The first-order valence-corrected chi connectivity index (χ1v) is 7.07. The predicted molar refractivity (Wildman–Crippen MR) is 80.8 cm³/mol. The summed E-state index contributed by atoms with van der Waals surface area (Å²) in [5.74, 6) is 1.04. The lowest BCUT2D eigenvalue weighted by Gasteiger charge is -2.09. The molecule has 1 aliphatic rings. The van der Waals surface area contributed by atoms with Crippen LogP contribution in [0, 0.1) is 5.82 Å². The van der Waals surface area contributed by atoms with Crippen molar-refractivity contribution in [3.8, 4) is 28.4 Å². The first-order chi connectivity index (χ1) is 11.3. The summed E-state index contributed by atoms with van der Waals surface area (Å²) in [7, 11) is 0. The Balaban J connectivity index is 1.86. The van der Waals surface area contributed by atoms with Crippen LogP contribution < -0.4 is 15.2 Å². The molecule has 4 rings (SSSR count). The van der Waals surface area contributed by atoms with Crippen LogP contribution in [-0.2, 0) is 6.54 Å². The molecule has 0 bridgehead atoms. The molecule has 0 saturated heterocycles. The number of fused-ring (bicyclic) bond motifs is 1. The normalized spacial score (nSPS) is 12.6. The Hall–Kier alpha value is -2.93. The van der Waals surface area contributed by atoms with Crippen molar-refractivity contribution >= 4 is 0 Å². The highest BCUT2D eigenvalue weighted by molar-refractivity contribution is 5.65. The van der Waals surface area contributed by atoms with Crippen molar-refractivity contribution in [2.75, 3.05) is 6.79 Å². The van der Waals surface area contributed by atoms with Gasteiger partial charge in [-0.3, -0.25) is 0 Å². The van der Waals surface area contributed by atoms with Crippen LogP contribution in [0.2, 0.25) is 0 Å². The number of nitrogens with zero attached hydrogens (tertiary/aromatic N) is 3. The van der Waals surface area contributed by atoms with Gasteiger partial charge in [0.1, 0.15) is 11.5 Å². The number of hydrogen-bond donors (Lipinski definition) is 1. The second-order valence-corrected chi connectivity index (χ2v) is 5.05. The molecule has 0 saturated carbocycles. The highest BCUT2D eigenvalue weighted by Gasteiger charge is 2.19. The van der Waals surface area contributed by atoms with Crippen LogP contribution in [0.15, 0.2) is 42.5 Å². The third kappa shape index (κ3) is 2.31. The Morgan fingerprint density at radius 2 is 1.87 bits per heavy atom. The van der Waals surface area contributed by atoms with E-state index in [0.29, 0.717) is 17.2 Å². The molecular formula is C16H13FN4O2. The van der Waals surface area contributed by atoms with E-state index in [0.717, 1.165) is 16.9 Å². The first kappa shape index (κ1) is 13.7. The van der Waals surface area contributed by atoms with Crippen LogP contribution in [0.4, 0.5) is 4.39 Å². The van der Waals surface area contributed by atoms with Crippen LogP contribution >= 0.6 is 0 Å². The Kier molecular flexibility index (Phi) is 3.20. The van der Waals surface area contributed by atoms with E-state index in [9.17, 15) is 4.39 Å². The molecule has 0 spiro atoms. The number of halogens is 1. The molecule has 2 N–H and O–H groups in total. The minimum atomic E-state index is -0.301. The number of benzene rings is 2. The maximum absolute atomic E-state index is 13.2. The zero-order chi connectivity index (χ0) is 15.8. The predicted octanol–water partition coefficient (Wildman–Crippen LogP) is 2.26. The number of hydrogen-bond acceptors (Lipinski definition) is 5. The molecule has 23 heavy (non-hydrogen) atoms. The smallest absolute Gasteiger partial charge is 0.231 e. The van der Waals surface area contributed by atoms with Crippen molar-refractivity contribution in [3.05, 3.63) is 54.0 Å². The molecule has 0 fully saturated rings. The number of aromatic nitrogens is 3. The van der Waals surface area contributed by atoms with E-state index in [4.69, 9.17) is 15.2 Å². The molecule has 0 aliphatic carbocycles. The highest BCUT2D eigenvalue weighted by Crippen LogP contribution is 2.35. The van der Waals surface area contributed by atoms with Gasteiger partial charge >= 0.3 is 0 Å². The minimum absolute atomic E-state index is 0.203. The van der Waals surface area contributed by atoms with Gasteiger partial charge in [0.25, 0.3) is 0 Å². The highest BCUT2D eigenvalue weighted by atomic mass is 19.1. The lowest BCUT2D eigenvalue weighted by atomic mass is 10.1. The van der Waals surface area contributed by atoms with Gasteiger partial charge < -0.3 is 15.2 Å². The van der Waals surface area contributed by atoms with Crippen molar-refractivity contribution in [1.29, 1.82) is 0 Å². The summed E-state index contributed by atoms with van der Waals surface area (Å²) in [6, 6.07) is 11.6. The van der Waals surface area contributed by atoms with E-state index >= 15 is 0 Å². The minimum Gasteiger partial charge on any atom is -0.454 e. The second-order valence-electron chi connectivity index (χ2n) is 5.05. The molecule has 0 unspecified atom stereocenters. The van der Waals surface area contributed by atoms with Crippen molar-refractivity contribution in [2.24, 2.45) is 5.73 Å². The van der Waals surface area contributed by atoms with E-state index < -0.39 is 0 Å². The third-order valence-electron chi connectivity index (χ3n) is 3.65. The number of rotatable bonds is 3. The molecule has 0 atom stereocenters. The van der Waals surface area contributed by atoms with Crippen molar-refractivity contribution in [1.82, 2.24) is 15.0 Å². The summed E-state index contributed by atoms with van der Waals surface area (Å²) in [6.45, 7) is 0.437. The topological polar surface area (TPSA) is 75.2 Å². The van der Waals surface area contributed by atoms with Crippen LogP contribution in [0.5, 0.6) is 11.5 Å². The summed E-state index contributed by atoms with van der Waals surface area (Å²) in [6.07, 6.45) is 0. The monoisotopic (exact) mass is 312 g/mol. The van der Waals surface area contributed by atoms with E-state index in [1.165, 1.54) is 12.1 Å². The molecule has 3 aromatic rings. The van der Waals surface area contributed by atoms with Gasteiger partial charge in [-0.05, 0) is 36.4 Å². The number of nitrogens with two attached hydrogens (primary N) is 1. The van der Waals surface area contributed by atoms with Crippen LogP contribution in [-0.4, -0.2) is 21.8 Å². The molecule has 1 aliphatic heterocycles. The summed E-state index contributed by atoms with van der Waals surface area (Å²) in [4.78, 5) is 0. The molecular weight excluding hydrogens is 299 g/mol. The van der Waals surface area contributed by atoms with Gasteiger partial charge in [0.15, 0.2) is 11.5 Å². The number of ether oxygens (including phenoxy) is 2. The third-order valence-corrected chi connectivity index (χ3v) is 3.65. The molecule has 116 valence electrons. The van der Waals surface area contributed by atoms with Gasteiger partial charge in [-0.25, -0.2) is 9.07 Å². The second kappa shape index (κ2) is 5.36. The summed E-state index contributed by atoms with van der Waals surface area (Å²) >= 11 is 0. The van der Waals surface area contributed by atoms with Crippen molar-refractivity contribution in [3.63, 3.8) is 0 Å². The molecule has 2 aromatic carbocycles. The average molecular weight is 312 g/mol. The molecule has 7 heteroatoms. The van der Waals surface area contributed by atoms with Gasteiger partial charge in [-0.15, -0.1) is 5.10 Å². The fourth-order valence-corrected chi connectivity index (χ4v) is 2.54. The fourth-order valence-electron chi connectivity index (χ4n) is 2.54. The molecule has 0 amide bonds. The average Bonchev–Trinajstić information content (AvgIpc) is 3.21. The molecule has 0 radical (unpaired) electrons. The molecule has 2 heterocycles. The molecule has 6 nitrogen and oxygen atoms in total. The van der Waals surface area contributed by atoms with E-state index in [2.05, 4.69) is 10.3 Å². The lowest BCUT2D eigenvalue weighted by Crippen LogP contribution is -2.02. The van der Waals surface area contributed by atoms with Crippen molar-refractivity contribution < 1.29 is 13.9 Å². The Morgan fingerprint density at radius 3 is 2.65 bits per heavy atom. The summed E-state index contributed by atoms with van der Waals surface area (Å²) < 4.78 is 25.6. The Bertz CT molecular complexity index is 861. The van der Waals surface area contributed by atoms with Crippen LogP contribution in [0.1, 0.15) is 5.69 Å². The van der Waals surface area contributed by atoms with Gasteiger partial charge in [0, 0.05) is 18.2 Å². The van der Waals surface area contributed by atoms with E-state index in [1.807, 2.05) is 18.2 Å². The van der Waals surface area contributed by atoms with Crippen LogP contribution in [0.3, 0.4) is 0 Å². The SMILES string of the molecule is NCc1nnn(-c2ccc3c(c2)OCO3)c1-c1ccc(F)cc1. The maximum atomic E-state index is 13.2. The molecule has 1 aromatic heterocycles. The zero-order valence-electron chi connectivity index (χ0n) is 12.1. The summed E-state index contributed by atoms with van der Waals surface area (Å²) in [5, 5.41) is 8.30. The van der Waals surface area contributed by atoms with Crippen LogP contribution in [0.25, 0.3) is 16.9 Å². The maximum Gasteiger partial charge on any atom is 0.231 e. The van der Waals surface area contributed by atoms with Gasteiger partial charge in [0.2, 0.25) is 6.79 Å². The standard InChI is InChI=1S/C16H13FN4O2/c17-11-3-1-10(2-4-11)16-13(8-18)19-20-21(16)12-5-6-14-15(7-12)23-9-22-14/h1-7H,8-9,18H2. The Labute approximate surface area is 131 Å². The van der Waals surface area contributed by atoms with Gasteiger partial charge in [-0.2, -0.15) is 0 Å². The largest absolute Gasteiger partial charge is 0.454 e. The summed E-state index contributed by atoms with van der Waals surface area (Å²) in [5.41, 5.74) is 8.68. The van der Waals surface area contributed by atoms with Gasteiger partial charge in [0.05, 0.1) is 11.4 Å². The lowest BCUT2D eigenvalue weighted by molar-refractivity contribution is 0.174. The fraction of sp³-hybridized carbons (Fsp3) is 0.125.